The van der Waals surface area contributed by atoms with Crippen molar-refractivity contribution in [1.29, 1.82) is 0 Å². The molecule has 0 amide bonds. The van der Waals surface area contributed by atoms with Gasteiger partial charge in [0.25, 0.3) is 0 Å². The van der Waals surface area contributed by atoms with Crippen molar-refractivity contribution in [2.45, 2.75) is 0 Å². The fourth-order valence-electron chi connectivity index (χ4n) is 0.777. The molecule has 0 aromatic heterocycles. The quantitative estimate of drug-likeness (QED) is 0.416. The van der Waals surface area contributed by atoms with E-state index in [-0.39, 0.29) is 13.2 Å². The first kappa shape index (κ1) is 10.2. The molecular formula is C4H10N4O4S. The molecule has 1 aliphatic heterocycles. The number of hydrazine groups is 1. The zero-order valence-electron chi connectivity index (χ0n) is 6.70. The van der Waals surface area contributed by atoms with Crippen molar-refractivity contribution in [2.75, 3.05) is 19.8 Å². The van der Waals surface area contributed by atoms with E-state index in [1.54, 1.807) is 0 Å². The van der Waals surface area contributed by atoms with Crippen molar-refractivity contribution in [2.24, 2.45) is 10.9 Å². The maximum atomic E-state index is 10.1. The predicted molar refractivity (Wildman–Crippen MR) is 43.6 cm³/mol. The summed E-state index contributed by atoms with van der Waals surface area (Å²) in [6, 6.07) is 0. The molecule has 0 unspecified atom stereocenters. The third-order valence-electron chi connectivity index (χ3n) is 1.27. The Hall–Kier alpha value is -0.900. The Labute approximate surface area is 75.5 Å². The van der Waals surface area contributed by atoms with E-state index in [0.29, 0.717) is 6.67 Å². The molecule has 1 heterocycles. The number of hydrogen-bond acceptors (Lipinski definition) is 7. The van der Waals surface area contributed by atoms with Gasteiger partial charge in [0.1, 0.15) is 13.0 Å². The third kappa shape index (κ3) is 4.03. The van der Waals surface area contributed by atoms with Crippen molar-refractivity contribution in [1.82, 2.24) is 10.0 Å². The third-order valence-corrected chi connectivity index (χ3v) is 1.74. The first-order valence-corrected chi connectivity index (χ1v) is 4.76. The van der Waals surface area contributed by atoms with E-state index in [4.69, 9.17) is 10.4 Å². The van der Waals surface area contributed by atoms with E-state index in [2.05, 4.69) is 9.28 Å². The van der Waals surface area contributed by atoms with Crippen LogP contribution in [0.1, 0.15) is 0 Å². The monoisotopic (exact) mass is 210 g/mol. The number of nitrogens with zero attached hydrogens (tertiary/aromatic N) is 3. The lowest BCUT2D eigenvalue weighted by atomic mass is 10.7. The molecule has 1 rings (SSSR count). The van der Waals surface area contributed by atoms with Crippen LogP contribution in [0.25, 0.3) is 0 Å². The highest BCUT2D eigenvalue weighted by atomic mass is 32.3. The molecule has 0 aromatic carbocycles. The summed E-state index contributed by atoms with van der Waals surface area (Å²) < 4.78 is 32.5. The number of hydrogen-bond donors (Lipinski definition) is 2. The van der Waals surface area contributed by atoms with Gasteiger partial charge in [-0.1, -0.05) is 0 Å². The average Bonchev–Trinajstić information content (AvgIpc) is 2.33. The van der Waals surface area contributed by atoms with Gasteiger partial charge in [-0.15, -0.1) is 0 Å². The zero-order valence-corrected chi connectivity index (χ0v) is 7.51. The topological polar surface area (TPSA) is 108 Å². The van der Waals surface area contributed by atoms with Gasteiger partial charge in [0.15, 0.2) is 0 Å². The van der Waals surface area contributed by atoms with Gasteiger partial charge in [-0.05, 0) is 0 Å². The van der Waals surface area contributed by atoms with Gasteiger partial charge in [0, 0.05) is 0 Å². The summed E-state index contributed by atoms with van der Waals surface area (Å²) in [5.41, 5.74) is 0. The second kappa shape index (κ2) is 3.87. The van der Waals surface area contributed by atoms with Crippen LogP contribution in [0, 0.1) is 0 Å². The van der Waals surface area contributed by atoms with Crippen LogP contribution < -0.4 is 5.84 Å². The van der Waals surface area contributed by atoms with Crippen molar-refractivity contribution in [3.05, 3.63) is 0 Å². The Kier molecular flexibility index (Phi) is 3.03. The Bertz CT molecular complexity index is 289. The zero-order chi connectivity index (χ0) is 9.90. The summed E-state index contributed by atoms with van der Waals surface area (Å²) in [4.78, 5) is 0. The second-order valence-electron chi connectivity index (χ2n) is 2.37. The van der Waals surface area contributed by atoms with Gasteiger partial charge in [0.2, 0.25) is 0 Å². The number of nitrogens with two attached hydrogens (primary N) is 1. The summed E-state index contributed by atoms with van der Waals surface area (Å²) >= 11 is 0. The Morgan fingerprint density at radius 1 is 1.69 bits per heavy atom. The van der Waals surface area contributed by atoms with Crippen LogP contribution in [0.5, 0.6) is 0 Å². The Balaban J connectivity index is 2.18. The van der Waals surface area contributed by atoms with Crippen LogP contribution in [0.3, 0.4) is 0 Å². The molecule has 1 aliphatic rings. The summed E-state index contributed by atoms with van der Waals surface area (Å²) in [7, 11) is -4.35. The summed E-state index contributed by atoms with van der Waals surface area (Å²) in [6.07, 6.45) is 1.40. The van der Waals surface area contributed by atoms with Gasteiger partial charge < -0.3 is 0 Å². The van der Waals surface area contributed by atoms with Crippen LogP contribution in [0.15, 0.2) is 5.10 Å². The highest BCUT2D eigenvalue weighted by Crippen LogP contribution is 1.97. The molecule has 0 bridgehead atoms. The normalized spacial score (nSPS) is 17.1. The first-order chi connectivity index (χ1) is 5.97. The molecule has 0 spiro atoms. The van der Waals surface area contributed by atoms with Crippen LogP contribution in [-0.2, 0) is 14.6 Å². The van der Waals surface area contributed by atoms with Gasteiger partial charge in [-0.25, -0.2) is 10.0 Å². The maximum absolute atomic E-state index is 10.1. The first-order valence-electron chi connectivity index (χ1n) is 3.39. The standard InChI is InChI=1S/C4H10N4O4S/c5-7-3-6-8(4-7)1-2-12-13(9,10)11/h3H,1-2,4-5H2,(H,9,10,11). The van der Waals surface area contributed by atoms with Crippen molar-refractivity contribution >= 4 is 16.7 Å². The van der Waals surface area contributed by atoms with E-state index in [9.17, 15) is 8.42 Å². The molecule has 0 radical (unpaired) electrons. The van der Waals surface area contributed by atoms with Crippen LogP contribution in [0.2, 0.25) is 0 Å². The summed E-state index contributed by atoms with van der Waals surface area (Å²) in [5.74, 6) is 5.32. The molecule has 13 heavy (non-hydrogen) atoms. The molecule has 0 aliphatic carbocycles. The number of hydrazone groups is 1. The summed E-state index contributed by atoms with van der Waals surface area (Å²) in [6.45, 7) is 0.447. The van der Waals surface area contributed by atoms with Crippen LogP contribution >= 0.6 is 0 Å². The van der Waals surface area contributed by atoms with E-state index in [1.165, 1.54) is 16.4 Å². The molecule has 0 saturated heterocycles. The Morgan fingerprint density at radius 2 is 2.38 bits per heavy atom. The van der Waals surface area contributed by atoms with E-state index < -0.39 is 10.4 Å². The van der Waals surface area contributed by atoms with E-state index in [0.717, 1.165) is 0 Å². The lowest BCUT2D eigenvalue weighted by Gasteiger charge is -2.14. The van der Waals surface area contributed by atoms with Gasteiger partial charge >= 0.3 is 10.4 Å². The Morgan fingerprint density at radius 3 is 2.85 bits per heavy atom. The SMILES string of the molecule is NN1C=NN(CCOS(=O)(=O)O)C1. The lowest BCUT2D eigenvalue weighted by Crippen LogP contribution is -2.33. The highest BCUT2D eigenvalue weighted by molar-refractivity contribution is 7.80. The minimum atomic E-state index is -4.35. The fraction of sp³-hybridized carbons (Fsp3) is 0.750. The van der Waals surface area contributed by atoms with Gasteiger partial charge in [0.05, 0.1) is 13.2 Å². The average molecular weight is 210 g/mol. The number of rotatable bonds is 4. The molecule has 9 heteroatoms. The van der Waals surface area contributed by atoms with Gasteiger partial charge in [-0.2, -0.15) is 13.5 Å². The molecular weight excluding hydrogens is 200 g/mol. The minimum Gasteiger partial charge on any atom is -0.278 e. The largest absolute Gasteiger partial charge is 0.397 e. The van der Waals surface area contributed by atoms with Crippen molar-refractivity contribution in [3.63, 3.8) is 0 Å². The van der Waals surface area contributed by atoms with Crippen LogP contribution in [0.4, 0.5) is 0 Å². The molecule has 3 N–H and O–H groups in total. The fourth-order valence-corrected chi connectivity index (χ4v) is 1.06. The smallest absolute Gasteiger partial charge is 0.278 e. The second-order valence-corrected chi connectivity index (χ2v) is 3.46. The van der Waals surface area contributed by atoms with Crippen LogP contribution in [-0.4, -0.2) is 49.1 Å². The molecule has 0 aromatic rings. The molecule has 76 valence electrons. The summed E-state index contributed by atoms with van der Waals surface area (Å²) in [5, 5.41) is 6.61. The maximum Gasteiger partial charge on any atom is 0.397 e. The molecule has 8 nitrogen and oxygen atoms in total. The van der Waals surface area contributed by atoms with Gasteiger partial charge in [-0.3, -0.25) is 14.6 Å². The lowest BCUT2D eigenvalue weighted by molar-refractivity contribution is 0.182. The molecule has 0 saturated carbocycles. The van der Waals surface area contributed by atoms with Crippen molar-refractivity contribution in [3.8, 4) is 0 Å². The predicted octanol–water partition coefficient (Wildman–Crippen LogP) is -1.80. The minimum absolute atomic E-state index is 0.163. The van der Waals surface area contributed by atoms with E-state index >= 15 is 0 Å². The van der Waals surface area contributed by atoms with E-state index in [1.807, 2.05) is 0 Å². The molecule has 0 atom stereocenters. The highest BCUT2D eigenvalue weighted by Gasteiger charge is 2.11. The van der Waals surface area contributed by atoms with Crippen molar-refractivity contribution < 1.29 is 17.2 Å². The molecule has 0 fully saturated rings.